The Hall–Kier alpha value is -3.01. The van der Waals surface area contributed by atoms with Gasteiger partial charge in [-0.15, -0.1) is 0 Å². The van der Waals surface area contributed by atoms with Crippen molar-refractivity contribution in [3.63, 3.8) is 0 Å². The fourth-order valence-corrected chi connectivity index (χ4v) is 5.21. The third kappa shape index (κ3) is 4.59. The Bertz CT molecular complexity index is 1020. The summed E-state index contributed by atoms with van der Waals surface area (Å²) in [5.74, 6) is 1.03. The van der Waals surface area contributed by atoms with Crippen LogP contribution in [0.2, 0.25) is 0 Å². The number of carbonyl (C=O) groups is 2. The van der Waals surface area contributed by atoms with E-state index in [9.17, 15) is 9.59 Å². The van der Waals surface area contributed by atoms with E-state index in [1.165, 1.54) is 23.3 Å². The molecule has 1 aliphatic heterocycles. The lowest BCUT2D eigenvalue weighted by atomic mass is 9.88. The third-order valence-electron chi connectivity index (χ3n) is 7.13. The number of anilines is 1. The highest BCUT2D eigenvalue weighted by Crippen LogP contribution is 2.36. The highest BCUT2D eigenvalue weighted by Gasteiger charge is 2.31. The Labute approximate surface area is 190 Å². The maximum atomic E-state index is 12.8. The largest absolute Gasteiger partial charge is 0.350 e. The Morgan fingerprint density at radius 2 is 1.91 bits per heavy atom. The van der Waals surface area contributed by atoms with Crippen LogP contribution in [0.1, 0.15) is 56.4 Å². The van der Waals surface area contributed by atoms with Crippen molar-refractivity contribution in [2.24, 2.45) is 13.0 Å². The zero-order valence-electron chi connectivity index (χ0n) is 19.1. The van der Waals surface area contributed by atoms with E-state index in [1.807, 2.05) is 12.1 Å². The van der Waals surface area contributed by atoms with E-state index < -0.39 is 0 Å². The highest BCUT2D eigenvalue weighted by molar-refractivity contribution is 5.94. The molecule has 2 heterocycles. The number of aryl methyl sites for hydroxylation is 1. The minimum Gasteiger partial charge on any atom is -0.350 e. The van der Waals surface area contributed by atoms with Gasteiger partial charge in [-0.1, -0.05) is 12.8 Å². The van der Waals surface area contributed by atoms with Gasteiger partial charge < -0.3 is 19.7 Å². The Balaban J connectivity index is 1.46. The van der Waals surface area contributed by atoms with Gasteiger partial charge in [0.25, 0.3) is 0 Å². The molecule has 3 amide bonds. The summed E-state index contributed by atoms with van der Waals surface area (Å²) in [5.41, 5.74) is 3.19. The van der Waals surface area contributed by atoms with Crippen LogP contribution in [0.15, 0.2) is 24.4 Å². The number of aromatic nitrogens is 1. The van der Waals surface area contributed by atoms with E-state index in [2.05, 4.69) is 40.2 Å². The topological polar surface area (TPSA) is 81.4 Å². The Morgan fingerprint density at radius 1 is 1.19 bits per heavy atom. The molecule has 0 radical (unpaired) electrons. The van der Waals surface area contributed by atoms with Crippen molar-refractivity contribution in [2.75, 3.05) is 32.0 Å². The van der Waals surface area contributed by atoms with Crippen LogP contribution < -0.4 is 5.32 Å². The second-order valence-electron chi connectivity index (χ2n) is 9.27. The number of fused-ring (bicyclic) bond motifs is 1. The number of hydrogen-bond donors (Lipinski definition) is 1. The molecule has 1 aromatic heterocycles. The van der Waals surface area contributed by atoms with Crippen LogP contribution in [0, 0.1) is 17.2 Å². The molecule has 2 fully saturated rings. The molecule has 170 valence electrons. The summed E-state index contributed by atoms with van der Waals surface area (Å²) in [7, 11) is 3.75. The summed E-state index contributed by atoms with van der Waals surface area (Å²) >= 11 is 0. The monoisotopic (exact) mass is 435 g/mol. The van der Waals surface area contributed by atoms with Crippen LogP contribution in [-0.4, -0.2) is 53.0 Å². The standard InChI is InChI=1S/C25H33N5O2/c1-28(13-5-12-26)25(32)27-20-8-9-23-21(16-20)22(17-29(23)2)18-10-14-30(15-11-18)24(31)19-6-3-4-7-19/h8-9,16-19H,3-7,10-11,13-15H2,1-2H3,(H,27,32). The normalized spacial score (nSPS) is 17.5. The lowest BCUT2D eigenvalue weighted by Gasteiger charge is -2.33. The summed E-state index contributed by atoms with van der Waals surface area (Å²) < 4.78 is 2.14. The molecule has 1 saturated carbocycles. The number of benzene rings is 1. The summed E-state index contributed by atoms with van der Waals surface area (Å²) in [6.45, 7) is 2.06. The highest BCUT2D eigenvalue weighted by atomic mass is 16.2. The average molecular weight is 436 g/mol. The SMILES string of the molecule is CN(CCC#N)C(=O)Nc1ccc2c(c1)c(C1CCN(C(=O)C3CCCC3)CC1)cn2C. The van der Waals surface area contributed by atoms with Crippen LogP contribution in [-0.2, 0) is 11.8 Å². The molecule has 32 heavy (non-hydrogen) atoms. The predicted molar refractivity (Wildman–Crippen MR) is 125 cm³/mol. The smallest absolute Gasteiger partial charge is 0.321 e. The van der Waals surface area contributed by atoms with Crippen LogP contribution >= 0.6 is 0 Å². The first-order valence-corrected chi connectivity index (χ1v) is 11.7. The zero-order valence-corrected chi connectivity index (χ0v) is 19.1. The summed E-state index contributed by atoms with van der Waals surface area (Å²) in [4.78, 5) is 28.8. The van der Waals surface area contributed by atoms with Crippen molar-refractivity contribution in [3.05, 3.63) is 30.0 Å². The number of carbonyl (C=O) groups excluding carboxylic acids is 2. The number of hydrogen-bond acceptors (Lipinski definition) is 3. The number of nitriles is 1. The predicted octanol–water partition coefficient (Wildman–Crippen LogP) is 4.45. The number of nitrogens with zero attached hydrogens (tertiary/aromatic N) is 4. The molecule has 1 aromatic carbocycles. The van der Waals surface area contributed by atoms with Gasteiger partial charge in [-0.2, -0.15) is 5.26 Å². The summed E-state index contributed by atoms with van der Waals surface area (Å²) in [6, 6.07) is 7.87. The van der Waals surface area contributed by atoms with Crippen molar-refractivity contribution < 1.29 is 9.59 Å². The maximum absolute atomic E-state index is 12.8. The number of likely N-dealkylation sites (tertiary alicyclic amines) is 1. The van der Waals surface area contributed by atoms with E-state index in [0.717, 1.165) is 55.4 Å². The number of amides is 3. The Kier molecular flexibility index (Phi) is 6.69. The van der Waals surface area contributed by atoms with Gasteiger partial charge in [-0.3, -0.25) is 4.79 Å². The molecule has 0 bridgehead atoms. The molecular formula is C25H33N5O2. The Morgan fingerprint density at radius 3 is 2.59 bits per heavy atom. The molecule has 1 aliphatic carbocycles. The number of nitrogens with one attached hydrogen (secondary N) is 1. The van der Waals surface area contributed by atoms with Crippen molar-refractivity contribution in [1.29, 1.82) is 5.26 Å². The van der Waals surface area contributed by atoms with Crippen molar-refractivity contribution in [2.45, 2.75) is 50.9 Å². The van der Waals surface area contributed by atoms with Gasteiger partial charge in [0.1, 0.15) is 0 Å². The first kappa shape index (κ1) is 22.2. The first-order chi connectivity index (χ1) is 15.5. The quantitative estimate of drug-likeness (QED) is 0.753. The molecule has 1 N–H and O–H groups in total. The summed E-state index contributed by atoms with van der Waals surface area (Å²) in [6.07, 6.45) is 8.97. The van der Waals surface area contributed by atoms with Crippen LogP contribution in [0.3, 0.4) is 0 Å². The van der Waals surface area contributed by atoms with Crippen LogP contribution in [0.5, 0.6) is 0 Å². The average Bonchev–Trinajstić information content (AvgIpc) is 3.45. The second kappa shape index (κ2) is 9.64. The molecule has 2 aliphatic rings. The summed E-state index contributed by atoms with van der Waals surface area (Å²) in [5, 5.41) is 12.8. The van der Waals surface area contributed by atoms with Gasteiger partial charge in [-0.05, 0) is 55.4 Å². The molecule has 0 atom stereocenters. The van der Waals surface area contributed by atoms with Gasteiger partial charge in [0.05, 0.1) is 12.5 Å². The fraction of sp³-hybridized carbons (Fsp3) is 0.560. The van der Waals surface area contributed by atoms with Crippen LogP contribution in [0.4, 0.5) is 10.5 Å². The van der Waals surface area contributed by atoms with E-state index in [4.69, 9.17) is 5.26 Å². The molecule has 7 heteroatoms. The van der Waals surface area contributed by atoms with Crippen molar-refractivity contribution >= 4 is 28.5 Å². The second-order valence-corrected chi connectivity index (χ2v) is 9.27. The van der Waals surface area contributed by atoms with E-state index in [0.29, 0.717) is 24.8 Å². The number of urea groups is 1. The van der Waals surface area contributed by atoms with Crippen molar-refractivity contribution in [1.82, 2.24) is 14.4 Å². The molecule has 2 aromatic rings. The van der Waals surface area contributed by atoms with Gasteiger partial charge in [-0.25, -0.2) is 4.79 Å². The third-order valence-corrected chi connectivity index (χ3v) is 7.13. The lowest BCUT2D eigenvalue weighted by Crippen LogP contribution is -2.40. The van der Waals surface area contributed by atoms with Gasteiger partial charge in [0.2, 0.25) is 5.91 Å². The fourth-order valence-electron chi connectivity index (χ4n) is 5.21. The molecule has 0 unspecified atom stereocenters. The lowest BCUT2D eigenvalue weighted by molar-refractivity contribution is -0.136. The van der Waals surface area contributed by atoms with Gasteiger partial charge >= 0.3 is 6.03 Å². The van der Waals surface area contributed by atoms with E-state index in [-0.39, 0.29) is 11.9 Å². The van der Waals surface area contributed by atoms with Gasteiger partial charge in [0, 0.05) is 62.4 Å². The van der Waals surface area contributed by atoms with Crippen molar-refractivity contribution in [3.8, 4) is 6.07 Å². The van der Waals surface area contributed by atoms with Crippen LogP contribution in [0.25, 0.3) is 10.9 Å². The molecular weight excluding hydrogens is 402 g/mol. The van der Waals surface area contributed by atoms with E-state index >= 15 is 0 Å². The molecule has 7 nitrogen and oxygen atoms in total. The zero-order chi connectivity index (χ0) is 22.7. The van der Waals surface area contributed by atoms with Gasteiger partial charge in [0.15, 0.2) is 0 Å². The molecule has 4 rings (SSSR count). The van der Waals surface area contributed by atoms with E-state index in [1.54, 1.807) is 7.05 Å². The number of rotatable bonds is 5. The first-order valence-electron chi connectivity index (χ1n) is 11.7. The minimum atomic E-state index is -0.212. The maximum Gasteiger partial charge on any atom is 0.321 e. The molecule has 1 saturated heterocycles. The number of piperidine rings is 1. The molecule has 0 spiro atoms. The minimum absolute atomic E-state index is 0.212.